The molecule has 4 nitrogen and oxygen atoms in total. The van der Waals surface area contributed by atoms with Gasteiger partial charge in [0.05, 0.1) is 12.1 Å². The fourth-order valence-corrected chi connectivity index (χ4v) is 2.95. The third kappa shape index (κ3) is 3.46. The first-order valence-corrected chi connectivity index (χ1v) is 7.10. The summed E-state index contributed by atoms with van der Waals surface area (Å²) < 4.78 is 5.29. The lowest BCUT2D eigenvalue weighted by Crippen LogP contribution is -2.41. The van der Waals surface area contributed by atoms with Crippen LogP contribution in [0.15, 0.2) is 17.5 Å². The van der Waals surface area contributed by atoms with Crippen molar-refractivity contribution >= 4 is 17.4 Å². The number of carbonyl (C=O) groups excluding carboxylic acids is 1. The number of ether oxygens (including phenoxy) is 1. The Morgan fingerprint density at radius 3 is 2.94 bits per heavy atom. The second-order valence-electron chi connectivity index (χ2n) is 5.49. The average molecular weight is 268 g/mol. The van der Waals surface area contributed by atoms with Gasteiger partial charge in [0.15, 0.2) is 0 Å². The molecule has 0 bridgehead atoms. The Morgan fingerprint density at radius 1 is 1.56 bits per heavy atom. The molecule has 1 aliphatic heterocycles. The molecule has 1 aliphatic rings. The van der Waals surface area contributed by atoms with E-state index in [-0.39, 0.29) is 18.2 Å². The molecule has 0 aliphatic carbocycles. The molecule has 5 heteroatoms. The van der Waals surface area contributed by atoms with Crippen molar-refractivity contribution in [2.24, 2.45) is 0 Å². The van der Waals surface area contributed by atoms with Gasteiger partial charge in [0.25, 0.3) is 0 Å². The first-order valence-electron chi connectivity index (χ1n) is 6.22. The maximum atomic E-state index is 11.8. The van der Waals surface area contributed by atoms with Crippen LogP contribution in [0, 0.1) is 0 Å². The highest BCUT2D eigenvalue weighted by Crippen LogP contribution is 2.27. The van der Waals surface area contributed by atoms with Gasteiger partial charge >= 0.3 is 6.09 Å². The normalized spacial score (nSPS) is 23.9. The van der Waals surface area contributed by atoms with E-state index in [9.17, 15) is 4.79 Å². The summed E-state index contributed by atoms with van der Waals surface area (Å²) >= 11 is 1.71. The molecule has 2 heterocycles. The topological polar surface area (TPSA) is 50.4 Å². The molecule has 2 rings (SSSR count). The largest absolute Gasteiger partial charge is 0.444 e. The van der Waals surface area contributed by atoms with Crippen LogP contribution < -0.4 is 10.6 Å². The maximum Gasteiger partial charge on any atom is 0.407 e. The van der Waals surface area contributed by atoms with Crippen molar-refractivity contribution < 1.29 is 9.53 Å². The van der Waals surface area contributed by atoms with Gasteiger partial charge in [-0.2, -0.15) is 0 Å². The number of nitrogens with one attached hydrogen (secondary N) is 2. The Hall–Kier alpha value is -1.07. The van der Waals surface area contributed by atoms with Gasteiger partial charge in [0.1, 0.15) is 5.60 Å². The molecule has 18 heavy (non-hydrogen) atoms. The predicted octanol–water partition coefficient (Wildman–Crippen LogP) is 2.68. The van der Waals surface area contributed by atoms with Crippen molar-refractivity contribution in [1.29, 1.82) is 0 Å². The Balaban J connectivity index is 1.94. The number of hydrogen-bond acceptors (Lipinski definition) is 4. The molecule has 0 saturated carbocycles. The first-order chi connectivity index (χ1) is 8.46. The van der Waals surface area contributed by atoms with Gasteiger partial charge in [-0.1, -0.05) is 6.07 Å². The van der Waals surface area contributed by atoms with Gasteiger partial charge in [0.2, 0.25) is 0 Å². The molecule has 1 saturated heterocycles. The number of rotatable bonds is 2. The van der Waals surface area contributed by atoms with Crippen molar-refractivity contribution in [3.63, 3.8) is 0 Å². The molecule has 0 radical (unpaired) electrons. The maximum absolute atomic E-state index is 11.8. The Morgan fingerprint density at radius 2 is 2.33 bits per heavy atom. The zero-order chi connectivity index (χ0) is 13.2. The van der Waals surface area contributed by atoms with Gasteiger partial charge in [-0.25, -0.2) is 4.79 Å². The van der Waals surface area contributed by atoms with E-state index in [1.165, 1.54) is 4.88 Å². The summed E-state index contributed by atoms with van der Waals surface area (Å²) in [5, 5.41) is 8.43. The van der Waals surface area contributed by atoms with Crippen LogP contribution in [0.4, 0.5) is 4.79 Å². The minimum Gasteiger partial charge on any atom is -0.444 e. The summed E-state index contributed by atoms with van der Waals surface area (Å²) in [5.41, 5.74) is -0.450. The Kier molecular flexibility index (Phi) is 3.92. The number of thiophene rings is 1. The molecule has 2 unspecified atom stereocenters. The van der Waals surface area contributed by atoms with E-state index < -0.39 is 5.60 Å². The monoisotopic (exact) mass is 268 g/mol. The van der Waals surface area contributed by atoms with Crippen LogP contribution in [0.3, 0.4) is 0 Å². The van der Waals surface area contributed by atoms with Crippen LogP contribution in [-0.4, -0.2) is 24.3 Å². The van der Waals surface area contributed by atoms with Crippen LogP contribution in [0.1, 0.15) is 38.1 Å². The second kappa shape index (κ2) is 5.28. The summed E-state index contributed by atoms with van der Waals surface area (Å²) in [5.74, 6) is 0. The fraction of sp³-hybridized carbons (Fsp3) is 0.615. The molecule has 100 valence electrons. The third-order valence-corrected chi connectivity index (χ3v) is 3.73. The third-order valence-electron chi connectivity index (χ3n) is 2.77. The zero-order valence-corrected chi connectivity index (χ0v) is 11.8. The molecule has 1 fully saturated rings. The molecule has 2 atom stereocenters. The van der Waals surface area contributed by atoms with Crippen LogP contribution in [0.5, 0.6) is 0 Å². The van der Waals surface area contributed by atoms with Crippen molar-refractivity contribution in [3.05, 3.63) is 22.4 Å². The van der Waals surface area contributed by atoms with E-state index in [0.29, 0.717) is 0 Å². The van der Waals surface area contributed by atoms with E-state index in [4.69, 9.17) is 4.74 Å². The molecule has 2 N–H and O–H groups in total. The van der Waals surface area contributed by atoms with Crippen molar-refractivity contribution in [2.45, 2.75) is 44.9 Å². The van der Waals surface area contributed by atoms with E-state index in [0.717, 1.165) is 13.0 Å². The quantitative estimate of drug-likeness (QED) is 0.867. The lowest BCUT2D eigenvalue weighted by Gasteiger charge is -2.24. The summed E-state index contributed by atoms with van der Waals surface area (Å²) in [6, 6.07) is 4.44. The van der Waals surface area contributed by atoms with Crippen molar-refractivity contribution in [2.75, 3.05) is 6.54 Å². The highest BCUT2D eigenvalue weighted by Gasteiger charge is 2.31. The zero-order valence-electron chi connectivity index (χ0n) is 11.0. The number of hydrogen-bond donors (Lipinski definition) is 2. The molecule has 0 spiro atoms. The SMILES string of the molecule is CC(C)(C)OC(=O)NC1CCNC1c1cccs1. The minimum absolute atomic E-state index is 0.110. The number of amides is 1. The molecule has 0 aromatic carbocycles. The lowest BCUT2D eigenvalue weighted by atomic mass is 10.1. The molecular formula is C13H20N2O2S. The molecule has 1 amide bonds. The average Bonchev–Trinajstić information content (AvgIpc) is 2.82. The summed E-state index contributed by atoms with van der Waals surface area (Å²) in [7, 11) is 0. The van der Waals surface area contributed by atoms with Gasteiger partial charge in [-0.3, -0.25) is 0 Å². The summed E-state index contributed by atoms with van der Waals surface area (Å²) in [4.78, 5) is 13.0. The van der Waals surface area contributed by atoms with Crippen LogP contribution >= 0.6 is 11.3 Å². The molecular weight excluding hydrogens is 248 g/mol. The van der Waals surface area contributed by atoms with Crippen LogP contribution in [0.25, 0.3) is 0 Å². The fourth-order valence-electron chi connectivity index (χ4n) is 2.08. The summed E-state index contributed by atoms with van der Waals surface area (Å²) in [6.07, 6.45) is 0.597. The highest BCUT2D eigenvalue weighted by atomic mass is 32.1. The van der Waals surface area contributed by atoms with E-state index >= 15 is 0 Å². The summed E-state index contributed by atoms with van der Waals surface area (Å²) in [6.45, 7) is 6.53. The standard InChI is InChI=1S/C13H20N2O2S/c1-13(2,3)17-12(16)15-9-6-7-14-11(9)10-5-4-8-18-10/h4-5,8-9,11,14H,6-7H2,1-3H3,(H,15,16). The van der Waals surface area contributed by atoms with Crippen LogP contribution in [0.2, 0.25) is 0 Å². The van der Waals surface area contributed by atoms with Gasteiger partial charge in [-0.15, -0.1) is 11.3 Å². The Bertz CT molecular complexity index is 398. The van der Waals surface area contributed by atoms with Gasteiger partial charge in [0, 0.05) is 4.88 Å². The number of carbonyl (C=O) groups is 1. The van der Waals surface area contributed by atoms with E-state index in [1.807, 2.05) is 26.8 Å². The molecule has 1 aromatic rings. The van der Waals surface area contributed by atoms with E-state index in [1.54, 1.807) is 11.3 Å². The van der Waals surface area contributed by atoms with E-state index in [2.05, 4.69) is 22.1 Å². The first kappa shape index (κ1) is 13.4. The minimum atomic E-state index is -0.450. The predicted molar refractivity (Wildman–Crippen MR) is 72.8 cm³/mol. The highest BCUT2D eigenvalue weighted by molar-refractivity contribution is 7.10. The van der Waals surface area contributed by atoms with Crippen LogP contribution in [-0.2, 0) is 4.74 Å². The molecule has 1 aromatic heterocycles. The van der Waals surface area contributed by atoms with Crippen molar-refractivity contribution in [3.8, 4) is 0 Å². The van der Waals surface area contributed by atoms with Gasteiger partial charge < -0.3 is 15.4 Å². The van der Waals surface area contributed by atoms with Crippen molar-refractivity contribution in [1.82, 2.24) is 10.6 Å². The Labute approximate surface area is 112 Å². The lowest BCUT2D eigenvalue weighted by molar-refractivity contribution is 0.0500. The number of alkyl carbamates (subject to hydrolysis) is 1. The van der Waals surface area contributed by atoms with Gasteiger partial charge in [-0.05, 0) is 45.2 Å². The second-order valence-corrected chi connectivity index (χ2v) is 6.47. The smallest absolute Gasteiger partial charge is 0.407 e.